The van der Waals surface area contributed by atoms with Gasteiger partial charge >= 0.3 is 6.09 Å². The first-order chi connectivity index (χ1) is 52.6. The minimum atomic E-state index is -0.685. The summed E-state index contributed by atoms with van der Waals surface area (Å²) in [6.07, 6.45) is 14.1. The molecule has 3 amide bonds. The van der Waals surface area contributed by atoms with E-state index in [0.717, 1.165) is 122 Å². The normalized spacial score (nSPS) is 15.6. The fourth-order valence-corrected chi connectivity index (χ4v) is 15.6. The van der Waals surface area contributed by atoms with Gasteiger partial charge < -0.3 is 62.0 Å². The van der Waals surface area contributed by atoms with Gasteiger partial charge in [-0.15, -0.1) is 0 Å². The van der Waals surface area contributed by atoms with Crippen LogP contribution in [0.1, 0.15) is 82.8 Å². The number of benzene rings is 2. The van der Waals surface area contributed by atoms with Crippen LogP contribution in [-0.2, 0) is 50.0 Å². The summed E-state index contributed by atoms with van der Waals surface area (Å²) >= 11 is 28.7. The third-order valence-electron chi connectivity index (χ3n) is 20.1. The maximum Gasteiger partial charge on any atom is 0.410 e. The van der Waals surface area contributed by atoms with E-state index in [1.807, 2.05) is 144 Å². The van der Waals surface area contributed by atoms with Gasteiger partial charge in [-0.2, -0.15) is 0 Å². The molecule has 10 aromatic rings. The molecule has 572 valence electrons. The Morgan fingerprint density at radius 2 is 0.954 bits per heavy atom. The number of likely N-dealkylation sites (tertiary alicyclic amines) is 2. The molecule has 12 heterocycles. The molecule has 28 heteroatoms. The van der Waals surface area contributed by atoms with E-state index in [1.165, 1.54) is 0 Å². The van der Waals surface area contributed by atoms with Crippen LogP contribution >= 0.6 is 46.4 Å². The van der Waals surface area contributed by atoms with Gasteiger partial charge in [-0.25, -0.2) is 24.7 Å². The van der Waals surface area contributed by atoms with E-state index >= 15 is 0 Å². The highest BCUT2D eigenvalue weighted by molar-refractivity contribution is 6.40. The number of imidazole rings is 2. The number of morpholine rings is 2. The number of halogens is 4. The van der Waals surface area contributed by atoms with Crippen molar-refractivity contribution in [3.63, 3.8) is 0 Å². The Labute approximate surface area is 654 Å². The van der Waals surface area contributed by atoms with E-state index < -0.39 is 11.7 Å². The smallest absolute Gasteiger partial charge is 0.410 e. The van der Waals surface area contributed by atoms with Crippen molar-refractivity contribution in [2.24, 2.45) is 0 Å². The van der Waals surface area contributed by atoms with Crippen molar-refractivity contribution in [3.8, 4) is 90.5 Å². The van der Waals surface area contributed by atoms with Gasteiger partial charge in [0.05, 0.1) is 116 Å². The predicted octanol–water partition coefficient (Wildman–Crippen LogP) is 14.4. The van der Waals surface area contributed by atoms with Gasteiger partial charge in [0, 0.05) is 191 Å². The summed E-state index contributed by atoms with van der Waals surface area (Å²) in [5.41, 5.74) is 12.6. The zero-order valence-electron chi connectivity index (χ0n) is 62.8. The number of nitrogens with one attached hydrogen (secondary N) is 1. The quantitative estimate of drug-likeness (QED) is 0.0747. The minimum Gasteiger partial charge on any atom is -0.493 e. The van der Waals surface area contributed by atoms with Crippen LogP contribution in [0.25, 0.3) is 78.6 Å². The zero-order valence-corrected chi connectivity index (χ0v) is 65.8. The molecule has 0 radical (unpaired) electrons. The van der Waals surface area contributed by atoms with Gasteiger partial charge in [0.1, 0.15) is 5.60 Å². The molecule has 1 N–H and O–H groups in total. The number of piperidine rings is 2. The first kappa shape index (κ1) is 77.9. The van der Waals surface area contributed by atoms with Crippen LogP contribution in [0.5, 0.6) is 23.3 Å². The van der Waals surface area contributed by atoms with Gasteiger partial charge in [-0.1, -0.05) is 88.9 Å². The largest absolute Gasteiger partial charge is 0.493 e. The van der Waals surface area contributed by atoms with Crippen molar-refractivity contribution in [1.82, 2.24) is 68.5 Å². The molecule has 4 aliphatic heterocycles. The molecule has 2 aromatic carbocycles. The number of methoxy groups -OCH3 is 4. The number of carbonyl (C=O) groups excluding carboxylic acids is 3. The maximum atomic E-state index is 13.6. The van der Waals surface area contributed by atoms with Gasteiger partial charge in [-0.3, -0.25) is 29.4 Å². The Morgan fingerprint density at radius 1 is 0.523 bits per heavy atom. The van der Waals surface area contributed by atoms with Crippen molar-refractivity contribution in [2.45, 2.75) is 104 Å². The summed E-state index contributed by atoms with van der Waals surface area (Å²) in [7, 11) is 6.44. The molecule has 4 fully saturated rings. The molecule has 24 nitrogen and oxygen atoms in total. The Morgan fingerprint density at radius 3 is 1.39 bits per heavy atom. The average molecular weight is 1560 g/mol. The molecule has 0 atom stereocenters. The van der Waals surface area contributed by atoms with Crippen molar-refractivity contribution in [2.75, 3.05) is 107 Å². The van der Waals surface area contributed by atoms with Crippen molar-refractivity contribution < 1.29 is 47.5 Å². The van der Waals surface area contributed by atoms with E-state index in [9.17, 15) is 14.4 Å². The fraction of sp³-hybridized carbons (Fsp3) is 0.395. The second-order valence-corrected chi connectivity index (χ2v) is 29.9. The van der Waals surface area contributed by atoms with E-state index in [0.29, 0.717) is 152 Å². The highest BCUT2D eigenvalue weighted by atomic mass is 35.5. The van der Waals surface area contributed by atoms with E-state index in [-0.39, 0.29) is 24.4 Å². The third-order valence-corrected chi connectivity index (χ3v) is 21.7. The highest BCUT2D eigenvalue weighted by Gasteiger charge is 2.34. The summed E-state index contributed by atoms with van der Waals surface area (Å²) in [4.78, 5) is 76.2. The number of fused-ring (bicyclic) bond motifs is 2. The van der Waals surface area contributed by atoms with E-state index in [2.05, 4.69) is 20.1 Å². The molecule has 0 aliphatic carbocycles. The summed E-state index contributed by atoms with van der Waals surface area (Å²) in [6.45, 7) is 20.0. The van der Waals surface area contributed by atoms with Gasteiger partial charge in [0.25, 0.3) is 0 Å². The highest BCUT2D eigenvalue weighted by Crippen LogP contribution is 2.45. The Bertz CT molecular complexity index is 4950. The maximum absolute atomic E-state index is 13.6. The molecule has 0 unspecified atom stereocenters. The topological polar surface area (TPSA) is 230 Å². The molecule has 8 aromatic heterocycles. The SMILES string of the molecule is COc1nc(-c2cccc(-c3ccnc(-c4cc(OC)c5nc(CN6CCOCC6)cn5c4)c3Cl)c2Cl)ccc1CN(C(=O)OC(C)(C)C)C1CCN(C(C)=O)CC1.COc1nc(-c2cccc(-c3ccnc(-c4cc(OC)c5nc(CN6CCOCC6)cn5c4)c3Cl)c2Cl)ccc1CNC1CCN(C(C)=O)CC1. The number of ether oxygens (including phenoxy) is 7. The van der Waals surface area contributed by atoms with E-state index in [1.54, 1.807) is 64.5 Å². The second-order valence-electron chi connectivity index (χ2n) is 28.4. The van der Waals surface area contributed by atoms with Crippen LogP contribution in [0.15, 0.2) is 122 Å². The number of amides is 3. The van der Waals surface area contributed by atoms with Crippen LogP contribution in [-0.4, -0.2) is 206 Å². The summed E-state index contributed by atoms with van der Waals surface area (Å²) in [5.74, 6) is 2.27. The van der Waals surface area contributed by atoms with Gasteiger partial charge in [0.2, 0.25) is 23.6 Å². The van der Waals surface area contributed by atoms with Crippen LogP contribution in [0.3, 0.4) is 0 Å². The predicted molar refractivity (Wildman–Crippen MR) is 422 cm³/mol. The van der Waals surface area contributed by atoms with Crippen molar-refractivity contribution in [3.05, 3.63) is 165 Å². The Kier molecular flexibility index (Phi) is 24.9. The Balaban J connectivity index is 0.000000193. The molecule has 4 saturated heterocycles. The van der Waals surface area contributed by atoms with Crippen molar-refractivity contribution >= 4 is 75.6 Å². The summed E-state index contributed by atoms with van der Waals surface area (Å²) in [5, 5.41) is 5.47. The molecule has 0 saturated carbocycles. The summed E-state index contributed by atoms with van der Waals surface area (Å²) < 4.78 is 43.9. The molecule has 14 rings (SSSR count). The molecule has 109 heavy (non-hydrogen) atoms. The number of pyridine rings is 6. The monoisotopic (exact) mass is 1560 g/mol. The lowest BCUT2D eigenvalue weighted by molar-refractivity contribution is -0.131. The first-order valence-electron chi connectivity index (χ1n) is 36.6. The second kappa shape index (κ2) is 34.8. The molecular formula is C81H90Cl4N14O10. The molecule has 0 spiro atoms. The standard InChI is InChI=1S/C43H49Cl2N7O6.C38H41Cl2N7O4/c1-27(53)50-16-13-31(14-17-50)52(42(54)58-43(2,3)4)24-28-10-11-35(48-41(28)56-6)34-9-7-8-32(37(34)44)33-12-15-46-39(38(33)45)29-22-36(55-5)40-47-30(26-51(40)23-29)25-49-18-20-57-21-19-49;1-24(48)46-13-10-27(11-14-46)42-20-25-7-8-32(44-38(25)50-3)31-6-4-5-29(34(31)39)30-9-12-41-36(35(30)40)26-19-33(49-2)37-43-28(23-47(37)21-26)22-45-15-17-51-18-16-45/h7-12,15,22-23,26,31H,13-14,16-21,24-25H2,1-6H3;4-9,12,19,21,23,27,42H,10-11,13-18,20,22H2,1-3H3. The number of rotatable bonds is 20. The van der Waals surface area contributed by atoms with Crippen molar-refractivity contribution in [1.29, 1.82) is 0 Å². The van der Waals surface area contributed by atoms with Gasteiger partial charge in [0.15, 0.2) is 22.8 Å². The average Bonchev–Trinajstić information content (AvgIpc) is 1.77. The van der Waals surface area contributed by atoms with Crippen LogP contribution in [0, 0.1) is 0 Å². The minimum absolute atomic E-state index is 0.0279. The number of aromatic nitrogens is 8. The molecule has 0 bridgehead atoms. The van der Waals surface area contributed by atoms with E-state index in [4.69, 9.17) is 104 Å². The Hall–Kier alpha value is -9.21. The van der Waals surface area contributed by atoms with Crippen LogP contribution < -0.4 is 24.3 Å². The van der Waals surface area contributed by atoms with Gasteiger partial charge in [-0.05, 0) is 88.9 Å². The van der Waals surface area contributed by atoms with Crippen LogP contribution in [0.2, 0.25) is 20.1 Å². The number of hydrogen-bond acceptors (Lipinski definition) is 19. The fourth-order valence-electron chi connectivity index (χ4n) is 14.3. The third kappa shape index (κ3) is 18.0. The summed E-state index contributed by atoms with van der Waals surface area (Å²) in [6, 6.07) is 27.0. The lowest BCUT2D eigenvalue weighted by atomic mass is 9.99. The van der Waals surface area contributed by atoms with Crippen LogP contribution in [0.4, 0.5) is 4.79 Å². The lowest BCUT2D eigenvalue weighted by Gasteiger charge is -2.39. The molecule has 4 aliphatic rings. The zero-order chi connectivity index (χ0) is 76.6. The number of nitrogens with zero attached hydrogens (tertiary/aromatic N) is 13. The lowest BCUT2D eigenvalue weighted by Crippen LogP contribution is -2.49. The number of hydrogen-bond donors (Lipinski definition) is 1. The molecular weight excluding hydrogens is 1470 g/mol. The first-order valence-corrected chi connectivity index (χ1v) is 38.1. The number of carbonyl (C=O) groups is 3.